The maximum Gasteiger partial charge on any atom is 0.324 e. The van der Waals surface area contributed by atoms with Crippen molar-refractivity contribution in [2.45, 2.75) is 26.2 Å². The lowest BCUT2D eigenvalue weighted by molar-refractivity contribution is 0.262. The third kappa shape index (κ3) is 5.64. The van der Waals surface area contributed by atoms with Crippen molar-refractivity contribution in [3.8, 4) is 16.9 Å². The number of rotatable bonds is 6. The first-order valence-electron chi connectivity index (χ1n) is 13.0. The number of carbonyl (C=O) groups excluding carboxylic acids is 1. The number of hydrogen-bond acceptors (Lipinski definition) is 5. The maximum atomic E-state index is 13.1. The minimum Gasteiger partial charge on any atom is -0.355 e. The van der Waals surface area contributed by atoms with Crippen LogP contribution in [0.2, 0.25) is 5.02 Å². The van der Waals surface area contributed by atoms with E-state index in [1.54, 1.807) is 23.0 Å². The van der Waals surface area contributed by atoms with Crippen LogP contribution >= 0.6 is 11.6 Å². The summed E-state index contributed by atoms with van der Waals surface area (Å²) in [6, 6.07) is 22.3. The lowest BCUT2D eigenvalue weighted by Crippen LogP contribution is -2.21. The van der Waals surface area contributed by atoms with Gasteiger partial charge in [0.15, 0.2) is 0 Å². The molecule has 206 valence electrons. The number of urea groups is 1. The van der Waals surface area contributed by atoms with E-state index in [0.29, 0.717) is 16.5 Å². The van der Waals surface area contributed by atoms with Gasteiger partial charge in [-0.15, -0.1) is 0 Å². The maximum absolute atomic E-state index is 13.1. The Morgan fingerprint density at radius 3 is 2.46 bits per heavy atom. The van der Waals surface area contributed by atoms with E-state index in [1.165, 1.54) is 0 Å². The molecular formula is C30H28ClN9O. The minimum atomic E-state index is -0.386. The van der Waals surface area contributed by atoms with Crippen molar-refractivity contribution in [3.63, 3.8) is 0 Å². The molecule has 0 aliphatic rings. The van der Waals surface area contributed by atoms with Crippen molar-refractivity contribution in [1.29, 1.82) is 0 Å². The molecule has 6 rings (SSSR count). The molecule has 41 heavy (non-hydrogen) atoms. The fraction of sp³-hybridized carbons (Fsp3) is 0.133. The monoisotopic (exact) mass is 565 g/mol. The van der Waals surface area contributed by atoms with Crippen LogP contribution in [0.1, 0.15) is 26.5 Å². The van der Waals surface area contributed by atoms with Gasteiger partial charge in [-0.2, -0.15) is 15.3 Å². The van der Waals surface area contributed by atoms with E-state index in [-0.39, 0.29) is 11.4 Å². The highest BCUT2D eigenvalue weighted by Gasteiger charge is 2.21. The van der Waals surface area contributed by atoms with Crippen LogP contribution in [0.4, 0.5) is 27.7 Å². The molecule has 3 aromatic carbocycles. The first-order chi connectivity index (χ1) is 19.7. The summed E-state index contributed by atoms with van der Waals surface area (Å²) < 4.78 is 1.71. The molecule has 0 saturated heterocycles. The predicted octanol–water partition coefficient (Wildman–Crippen LogP) is 7.48. The number of benzene rings is 3. The summed E-state index contributed by atoms with van der Waals surface area (Å²) in [5.74, 6) is 0.548. The summed E-state index contributed by atoms with van der Waals surface area (Å²) in [6.07, 6.45) is 3.55. The summed E-state index contributed by atoms with van der Waals surface area (Å²) in [6.45, 7) is 6.23. The molecule has 0 aliphatic carbocycles. The molecule has 0 unspecified atom stereocenters. The van der Waals surface area contributed by atoms with Crippen molar-refractivity contribution < 1.29 is 4.79 Å². The molecule has 10 nitrogen and oxygen atoms in total. The summed E-state index contributed by atoms with van der Waals surface area (Å²) in [5, 5.41) is 30.0. The zero-order chi connectivity index (χ0) is 28.6. The molecule has 5 N–H and O–H groups in total. The second kappa shape index (κ2) is 10.5. The predicted molar refractivity (Wildman–Crippen MR) is 163 cm³/mol. The van der Waals surface area contributed by atoms with Crippen LogP contribution in [0.25, 0.3) is 27.8 Å². The highest BCUT2D eigenvalue weighted by Crippen LogP contribution is 2.30. The number of nitrogens with zero attached hydrogens (tertiary/aromatic N) is 4. The molecule has 0 fully saturated rings. The Bertz CT molecular complexity index is 1830. The van der Waals surface area contributed by atoms with Gasteiger partial charge in [0.1, 0.15) is 11.5 Å². The quantitative estimate of drug-likeness (QED) is 0.143. The molecule has 2 amide bonds. The van der Waals surface area contributed by atoms with Gasteiger partial charge in [0.25, 0.3) is 0 Å². The van der Waals surface area contributed by atoms with Gasteiger partial charge in [-0.1, -0.05) is 38.4 Å². The van der Waals surface area contributed by atoms with E-state index in [4.69, 9.17) is 16.7 Å². The van der Waals surface area contributed by atoms with Gasteiger partial charge in [0.05, 0.1) is 23.1 Å². The summed E-state index contributed by atoms with van der Waals surface area (Å²) in [5.41, 5.74) is 6.41. The smallest absolute Gasteiger partial charge is 0.324 e. The number of halogens is 1. The van der Waals surface area contributed by atoms with Crippen molar-refractivity contribution >= 4 is 51.4 Å². The van der Waals surface area contributed by atoms with E-state index >= 15 is 0 Å². The van der Waals surface area contributed by atoms with E-state index in [1.807, 2.05) is 66.9 Å². The fourth-order valence-corrected chi connectivity index (χ4v) is 4.56. The number of H-pyrrole nitrogens is 2. The second-order valence-corrected chi connectivity index (χ2v) is 11.1. The number of anilines is 4. The first kappa shape index (κ1) is 26.1. The molecule has 0 radical (unpaired) electrons. The lowest BCUT2D eigenvalue weighted by Gasteiger charge is -2.14. The Hall–Kier alpha value is -5.09. The van der Waals surface area contributed by atoms with Crippen LogP contribution in [-0.2, 0) is 5.41 Å². The lowest BCUT2D eigenvalue weighted by atomic mass is 9.92. The molecular weight excluding hydrogens is 538 g/mol. The largest absolute Gasteiger partial charge is 0.355 e. The van der Waals surface area contributed by atoms with Crippen molar-refractivity contribution in [3.05, 3.63) is 95.9 Å². The second-order valence-electron chi connectivity index (χ2n) is 10.7. The van der Waals surface area contributed by atoms with Crippen molar-refractivity contribution in [1.82, 2.24) is 30.2 Å². The molecule has 3 heterocycles. The molecule has 6 aromatic rings. The highest BCUT2D eigenvalue weighted by molar-refractivity contribution is 6.30. The van der Waals surface area contributed by atoms with Crippen LogP contribution in [-0.4, -0.2) is 36.2 Å². The SMILES string of the molecule is CC(C)(C)c1cc(NC(=O)Nc2cccc(Nc3ccc4c(-c5cn[nH]c5)n[nH]c4c3)c2)n(-c2ccc(Cl)cc2)n1. The van der Waals surface area contributed by atoms with Crippen LogP contribution in [0.5, 0.6) is 0 Å². The number of fused-ring (bicyclic) bond motifs is 1. The summed E-state index contributed by atoms with van der Waals surface area (Å²) in [4.78, 5) is 13.1. The van der Waals surface area contributed by atoms with E-state index in [9.17, 15) is 4.79 Å². The number of carbonyl (C=O) groups is 1. The Kier molecular flexibility index (Phi) is 6.68. The number of aromatic amines is 2. The Morgan fingerprint density at radius 2 is 1.71 bits per heavy atom. The van der Waals surface area contributed by atoms with E-state index in [2.05, 4.69) is 57.1 Å². The highest BCUT2D eigenvalue weighted by atomic mass is 35.5. The number of nitrogens with one attached hydrogen (secondary N) is 5. The van der Waals surface area contributed by atoms with Gasteiger partial charge in [-0.25, -0.2) is 9.48 Å². The van der Waals surface area contributed by atoms with E-state index in [0.717, 1.165) is 44.9 Å². The van der Waals surface area contributed by atoms with E-state index < -0.39 is 0 Å². The van der Waals surface area contributed by atoms with Crippen LogP contribution in [0.3, 0.4) is 0 Å². The zero-order valence-electron chi connectivity index (χ0n) is 22.7. The minimum absolute atomic E-state index is 0.204. The molecule has 0 aliphatic heterocycles. The topological polar surface area (TPSA) is 128 Å². The van der Waals surface area contributed by atoms with Gasteiger partial charge in [0.2, 0.25) is 0 Å². The van der Waals surface area contributed by atoms with Gasteiger partial charge in [-0.3, -0.25) is 15.5 Å². The number of aromatic nitrogens is 6. The summed E-state index contributed by atoms with van der Waals surface area (Å²) in [7, 11) is 0. The molecule has 0 spiro atoms. The standard InChI is InChI=1S/C30H28ClN9O/c1-30(2,3)26-15-27(40(39-26)23-10-7-19(31)8-11-23)36-29(41)35-21-6-4-5-20(13-21)34-22-9-12-24-25(14-22)37-38-28(24)18-16-32-33-17-18/h4-17,34H,1-3H3,(H,32,33)(H,37,38)(H2,35,36,41). The fourth-order valence-electron chi connectivity index (χ4n) is 4.43. The third-order valence-electron chi connectivity index (χ3n) is 6.53. The molecule has 0 atom stereocenters. The van der Waals surface area contributed by atoms with Gasteiger partial charge >= 0.3 is 6.03 Å². The average molecular weight is 566 g/mol. The first-order valence-corrected chi connectivity index (χ1v) is 13.4. The van der Waals surface area contributed by atoms with Crippen LogP contribution in [0, 0.1) is 0 Å². The van der Waals surface area contributed by atoms with Gasteiger partial charge in [0, 0.05) is 50.7 Å². The Balaban J connectivity index is 1.18. The summed E-state index contributed by atoms with van der Waals surface area (Å²) >= 11 is 6.08. The normalized spacial score (nSPS) is 11.5. The van der Waals surface area contributed by atoms with Crippen molar-refractivity contribution in [2.75, 3.05) is 16.0 Å². The zero-order valence-corrected chi connectivity index (χ0v) is 23.4. The number of amides is 2. The molecule has 11 heteroatoms. The molecule has 0 bridgehead atoms. The average Bonchev–Trinajstić information content (AvgIpc) is 3.69. The van der Waals surface area contributed by atoms with Crippen molar-refractivity contribution in [2.24, 2.45) is 0 Å². The Labute approximate surface area is 241 Å². The number of hydrogen-bond donors (Lipinski definition) is 5. The van der Waals surface area contributed by atoms with Gasteiger partial charge in [-0.05, 0) is 60.7 Å². The van der Waals surface area contributed by atoms with Crippen LogP contribution in [0.15, 0.2) is 85.2 Å². The Morgan fingerprint density at radius 1 is 0.927 bits per heavy atom. The van der Waals surface area contributed by atoms with Crippen LogP contribution < -0.4 is 16.0 Å². The third-order valence-corrected chi connectivity index (χ3v) is 6.79. The molecule has 0 saturated carbocycles. The van der Waals surface area contributed by atoms with Gasteiger partial charge < -0.3 is 10.6 Å². The molecule has 3 aromatic heterocycles.